The molecule has 3 N–H and O–H groups in total. The van der Waals surface area contributed by atoms with Gasteiger partial charge in [-0.05, 0) is 30.7 Å². The second kappa shape index (κ2) is 10.9. The number of nitrogens with two attached hydrogens (primary N) is 1. The van der Waals surface area contributed by atoms with E-state index in [0.29, 0.717) is 51.6 Å². The molecule has 0 radical (unpaired) electrons. The highest BCUT2D eigenvalue weighted by Crippen LogP contribution is 2.38. The van der Waals surface area contributed by atoms with Crippen LogP contribution in [-0.4, -0.2) is 54.6 Å². The molecule has 36 heavy (non-hydrogen) atoms. The fourth-order valence-electron chi connectivity index (χ4n) is 3.95. The van der Waals surface area contributed by atoms with E-state index in [4.69, 9.17) is 29.9 Å². The number of para-hydroxylation sites is 2. The maximum Gasteiger partial charge on any atom is 0.257 e. The number of hydrogen-bond donors (Lipinski definition) is 2. The zero-order valence-electron chi connectivity index (χ0n) is 20.9. The molecule has 0 aliphatic heterocycles. The van der Waals surface area contributed by atoms with E-state index in [2.05, 4.69) is 17.3 Å². The molecule has 0 saturated heterocycles. The Labute approximate surface area is 209 Å². The normalized spacial score (nSPS) is 11.3. The second-order valence-corrected chi connectivity index (χ2v) is 8.12. The third-order valence-electron chi connectivity index (χ3n) is 5.78. The van der Waals surface area contributed by atoms with Crippen molar-refractivity contribution in [2.24, 2.45) is 5.10 Å². The average molecular weight is 491 g/mol. The van der Waals surface area contributed by atoms with Crippen LogP contribution in [0, 0.1) is 0 Å². The monoisotopic (exact) mass is 490 g/mol. The van der Waals surface area contributed by atoms with E-state index >= 15 is 0 Å². The van der Waals surface area contributed by atoms with Crippen LogP contribution in [0.3, 0.4) is 0 Å². The topological polar surface area (TPSA) is 126 Å². The number of unbranched alkanes of at least 4 members (excludes halogenated alkanes) is 2. The maximum atomic E-state index is 13.1. The van der Waals surface area contributed by atoms with Gasteiger partial charge < -0.3 is 25.3 Å². The predicted octanol–water partition coefficient (Wildman–Crippen LogP) is 3.99. The van der Waals surface area contributed by atoms with E-state index < -0.39 is 0 Å². The Morgan fingerprint density at radius 1 is 1.06 bits per heavy atom. The van der Waals surface area contributed by atoms with E-state index in [1.54, 1.807) is 39.7 Å². The zero-order chi connectivity index (χ0) is 25.7. The molecule has 0 bridgehead atoms. The molecule has 4 aromatic rings. The van der Waals surface area contributed by atoms with Crippen LogP contribution in [0.25, 0.3) is 22.2 Å². The predicted molar refractivity (Wildman–Crippen MR) is 140 cm³/mol. The lowest BCUT2D eigenvalue weighted by Gasteiger charge is -2.12. The Balaban J connectivity index is 1.82. The van der Waals surface area contributed by atoms with Crippen molar-refractivity contribution < 1.29 is 19.0 Å². The maximum absolute atomic E-state index is 13.1. The Hall–Kier alpha value is -4.34. The molecule has 2 heterocycles. The molecule has 10 heteroatoms. The molecule has 10 nitrogen and oxygen atoms in total. The lowest BCUT2D eigenvalue weighted by atomic mass is 10.2. The Morgan fingerprint density at radius 2 is 1.72 bits per heavy atom. The Bertz CT molecular complexity index is 1400. The highest BCUT2D eigenvalue weighted by Gasteiger charge is 2.24. The molecule has 188 valence electrons. The molecule has 1 amide bonds. The quantitative estimate of drug-likeness (QED) is 0.254. The van der Waals surface area contributed by atoms with E-state index in [1.165, 1.54) is 4.68 Å². The van der Waals surface area contributed by atoms with Crippen molar-refractivity contribution in [3.63, 3.8) is 0 Å². The number of amides is 1. The average Bonchev–Trinajstić information content (AvgIpc) is 3.17. The highest BCUT2D eigenvalue weighted by molar-refractivity contribution is 6.10. The third kappa shape index (κ3) is 4.74. The van der Waals surface area contributed by atoms with Crippen LogP contribution < -0.4 is 25.3 Å². The number of nitrogens with zero attached hydrogens (tertiary/aromatic N) is 4. The third-order valence-corrected chi connectivity index (χ3v) is 5.78. The van der Waals surface area contributed by atoms with Crippen molar-refractivity contribution in [3.05, 3.63) is 47.5 Å². The second-order valence-electron chi connectivity index (χ2n) is 8.12. The number of carbonyl (C=O) groups excluding carboxylic acids is 1. The first-order valence-electron chi connectivity index (χ1n) is 11.7. The van der Waals surface area contributed by atoms with Crippen LogP contribution in [0.2, 0.25) is 0 Å². The lowest BCUT2D eigenvalue weighted by molar-refractivity contribution is 0.0955. The Kier molecular flexibility index (Phi) is 7.53. The number of aromatic nitrogens is 3. The van der Waals surface area contributed by atoms with Gasteiger partial charge in [0.05, 0.1) is 38.6 Å². The van der Waals surface area contributed by atoms with Gasteiger partial charge in [0.1, 0.15) is 16.9 Å². The lowest BCUT2D eigenvalue weighted by Crippen LogP contribution is -2.25. The number of anilines is 1. The summed E-state index contributed by atoms with van der Waals surface area (Å²) in [5.41, 5.74) is 9.50. The van der Waals surface area contributed by atoms with E-state index in [1.807, 2.05) is 24.3 Å². The van der Waals surface area contributed by atoms with Crippen LogP contribution in [0.1, 0.15) is 42.1 Å². The molecule has 2 aromatic heterocycles. The molecular weight excluding hydrogens is 460 g/mol. The molecule has 0 fully saturated rings. The van der Waals surface area contributed by atoms with Gasteiger partial charge in [-0.3, -0.25) is 4.79 Å². The summed E-state index contributed by atoms with van der Waals surface area (Å²) in [6, 6.07) is 11.0. The van der Waals surface area contributed by atoms with Crippen LogP contribution in [-0.2, 0) is 0 Å². The van der Waals surface area contributed by atoms with Gasteiger partial charge in [-0.1, -0.05) is 31.9 Å². The molecular formula is C26H30N6O4. The largest absolute Gasteiger partial charge is 0.493 e. The SMILES string of the molecule is CCCCCNC(=O)c1c(N)n(/N=C/c2cc(OC)c(OC)c(OC)c2)c2nc3ccccc3nc12. The summed E-state index contributed by atoms with van der Waals surface area (Å²) in [5.74, 6) is 1.29. The van der Waals surface area contributed by atoms with Gasteiger partial charge in [-0.25, -0.2) is 9.97 Å². The molecule has 0 unspecified atom stereocenters. The minimum Gasteiger partial charge on any atom is -0.493 e. The molecule has 0 atom stereocenters. The first-order chi connectivity index (χ1) is 17.5. The smallest absolute Gasteiger partial charge is 0.257 e. The summed E-state index contributed by atoms with van der Waals surface area (Å²) >= 11 is 0. The van der Waals surface area contributed by atoms with Crippen LogP contribution in [0.15, 0.2) is 41.5 Å². The molecule has 0 spiro atoms. The number of ether oxygens (including phenoxy) is 3. The zero-order valence-corrected chi connectivity index (χ0v) is 20.9. The molecule has 0 aliphatic rings. The van der Waals surface area contributed by atoms with Crippen molar-refractivity contribution in [2.45, 2.75) is 26.2 Å². The van der Waals surface area contributed by atoms with Crippen molar-refractivity contribution in [2.75, 3.05) is 33.6 Å². The Morgan fingerprint density at radius 3 is 2.33 bits per heavy atom. The van der Waals surface area contributed by atoms with E-state index in [9.17, 15) is 4.79 Å². The van der Waals surface area contributed by atoms with Crippen molar-refractivity contribution in [3.8, 4) is 17.2 Å². The number of methoxy groups -OCH3 is 3. The summed E-state index contributed by atoms with van der Waals surface area (Å²) in [6.45, 7) is 2.66. The van der Waals surface area contributed by atoms with Gasteiger partial charge >= 0.3 is 0 Å². The fourth-order valence-corrected chi connectivity index (χ4v) is 3.95. The first kappa shape index (κ1) is 24.8. The van der Waals surface area contributed by atoms with Crippen LogP contribution in [0.5, 0.6) is 17.2 Å². The van der Waals surface area contributed by atoms with Crippen LogP contribution >= 0.6 is 0 Å². The fraction of sp³-hybridized carbons (Fsp3) is 0.308. The van der Waals surface area contributed by atoms with Gasteiger partial charge in [0.15, 0.2) is 17.1 Å². The van der Waals surface area contributed by atoms with Crippen molar-refractivity contribution >= 4 is 40.1 Å². The van der Waals surface area contributed by atoms with Gasteiger partial charge in [0.25, 0.3) is 5.91 Å². The minimum absolute atomic E-state index is 0.150. The summed E-state index contributed by atoms with van der Waals surface area (Å²) < 4.78 is 17.7. The summed E-state index contributed by atoms with van der Waals surface area (Å²) in [7, 11) is 4.63. The number of carbonyl (C=O) groups is 1. The summed E-state index contributed by atoms with van der Waals surface area (Å²) in [5, 5.41) is 7.51. The van der Waals surface area contributed by atoms with Crippen molar-refractivity contribution in [1.29, 1.82) is 0 Å². The first-order valence-corrected chi connectivity index (χ1v) is 11.7. The number of benzene rings is 2. The number of nitrogen functional groups attached to an aromatic ring is 1. The molecule has 0 saturated carbocycles. The minimum atomic E-state index is -0.306. The summed E-state index contributed by atoms with van der Waals surface area (Å²) in [4.78, 5) is 22.6. The number of hydrogen-bond acceptors (Lipinski definition) is 8. The van der Waals surface area contributed by atoms with Gasteiger partial charge in [-0.2, -0.15) is 9.78 Å². The van der Waals surface area contributed by atoms with E-state index in [0.717, 1.165) is 19.3 Å². The molecule has 0 aliphatic carbocycles. The number of fused-ring (bicyclic) bond motifs is 2. The van der Waals surface area contributed by atoms with Gasteiger partial charge in [0.2, 0.25) is 5.75 Å². The van der Waals surface area contributed by atoms with Crippen molar-refractivity contribution in [1.82, 2.24) is 20.0 Å². The molecule has 2 aromatic carbocycles. The van der Waals surface area contributed by atoms with Crippen LogP contribution in [0.4, 0.5) is 5.82 Å². The van der Waals surface area contributed by atoms with Gasteiger partial charge in [0, 0.05) is 12.1 Å². The summed E-state index contributed by atoms with van der Waals surface area (Å²) in [6.07, 6.45) is 4.56. The number of nitrogens with one attached hydrogen (secondary N) is 1. The molecule has 4 rings (SSSR count). The van der Waals surface area contributed by atoms with Gasteiger partial charge in [-0.15, -0.1) is 0 Å². The highest BCUT2D eigenvalue weighted by atomic mass is 16.5. The number of rotatable bonds is 10. The van der Waals surface area contributed by atoms with E-state index in [-0.39, 0.29) is 17.3 Å². The standard InChI is InChI=1S/C26H30N6O4/c1-5-6-9-12-28-26(33)21-22-25(31-18-11-8-7-10-17(18)30-22)32(24(21)27)29-15-16-13-19(34-2)23(36-4)20(14-16)35-3/h7-8,10-11,13-15H,5-6,9,12,27H2,1-4H3,(H,28,33)/b29-15+.